The average Bonchev–Trinajstić information content (AvgIpc) is 2.37. The minimum absolute atomic E-state index is 0.000852. The number of halogens is 3. The lowest BCUT2D eigenvalue weighted by molar-refractivity contribution is 0.488. The van der Waals surface area contributed by atoms with Gasteiger partial charge in [-0.25, -0.2) is 12.7 Å². The molecule has 1 rings (SSSR count). The Morgan fingerprint density at radius 3 is 2.47 bits per heavy atom. The van der Waals surface area contributed by atoms with Gasteiger partial charge in [-0.1, -0.05) is 23.2 Å². The van der Waals surface area contributed by atoms with E-state index >= 15 is 0 Å². The molecule has 0 aliphatic heterocycles. The van der Waals surface area contributed by atoms with Gasteiger partial charge in [0.15, 0.2) is 0 Å². The quantitative estimate of drug-likeness (QED) is 0.724. The molecule has 1 aromatic rings. The molecule has 0 atom stereocenters. The van der Waals surface area contributed by atoms with Crippen LogP contribution in [0.3, 0.4) is 0 Å². The summed E-state index contributed by atoms with van der Waals surface area (Å²) in [5.41, 5.74) is 0.507. The first-order chi connectivity index (χ1) is 8.84. The average molecular weight is 363 g/mol. The van der Waals surface area contributed by atoms with Crippen molar-refractivity contribution in [2.24, 2.45) is 0 Å². The molecule has 0 bridgehead atoms. The Hall–Kier alpha value is 0.350. The van der Waals surface area contributed by atoms with Gasteiger partial charge in [-0.05, 0) is 24.0 Å². The number of benzene rings is 1. The molecule has 0 aliphatic carbocycles. The highest BCUT2D eigenvalue weighted by Crippen LogP contribution is 2.32. The van der Waals surface area contributed by atoms with Gasteiger partial charge in [0.1, 0.15) is 4.90 Å². The Labute approximate surface area is 133 Å². The van der Waals surface area contributed by atoms with Gasteiger partial charge in [0.2, 0.25) is 10.0 Å². The fourth-order valence-corrected chi connectivity index (χ4v) is 4.34. The number of nitrogens with zero attached hydrogens (tertiary/aromatic N) is 1. The molecule has 0 unspecified atom stereocenters. The molecule has 0 saturated heterocycles. The van der Waals surface area contributed by atoms with E-state index in [1.807, 2.05) is 6.26 Å². The zero-order chi connectivity index (χ0) is 14.6. The van der Waals surface area contributed by atoms with E-state index in [1.54, 1.807) is 17.8 Å². The largest absolute Gasteiger partial charge is 0.244 e. The molecule has 0 spiro atoms. The van der Waals surface area contributed by atoms with E-state index in [0.29, 0.717) is 22.9 Å². The third-order valence-corrected chi connectivity index (χ3v) is 6.06. The number of hydrogen-bond acceptors (Lipinski definition) is 3. The summed E-state index contributed by atoms with van der Waals surface area (Å²) in [7, 11) is -2.14. The van der Waals surface area contributed by atoms with Gasteiger partial charge in [0.25, 0.3) is 0 Å². The maximum atomic E-state index is 12.4. The third-order valence-electron chi connectivity index (χ3n) is 2.52. The number of sulfonamides is 1. The van der Waals surface area contributed by atoms with E-state index in [-0.39, 0.29) is 15.8 Å². The molecule has 19 heavy (non-hydrogen) atoms. The van der Waals surface area contributed by atoms with Crippen molar-refractivity contribution >= 4 is 56.6 Å². The fraction of sp³-hybridized carbons (Fsp3) is 0.455. The topological polar surface area (TPSA) is 37.4 Å². The summed E-state index contributed by atoms with van der Waals surface area (Å²) >= 11 is 19.3. The monoisotopic (exact) mass is 361 g/mol. The molecule has 3 nitrogen and oxygen atoms in total. The summed E-state index contributed by atoms with van der Waals surface area (Å²) in [5, 5.41) is 0.437. The normalized spacial score (nSPS) is 12.1. The molecule has 0 radical (unpaired) electrons. The van der Waals surface area contributed by atoms with Crippen LogP contribution in [-0.2, 0) is 15.9 Å². The molecular weight excluding hydrogens is 349 g/mol. The summed E-state index contributed by atoms with van der Waals surface area (Å²) in [6.45, 7) is 0.405. The zero-order valence-corrected chi connectivity index (χ0v) is 14.4. The molecule has 0 saturated carbocycles. The van der Waals surface area contributed by atoms with Gasteiger partial charge in [-0.3, -0.25) is 0 Å². The molecule has 0 N–H and O–H groups in total. The highest BCUT2D eigenvalue weighted by atomic mass is 35.5. The van der Waals surface area contributed by atoms with E-state index in [9.17, 15) is 8.42 Å². The van der Waals surface area contributed by atoms with Gasteiger partial charge in [0.05, 0.1) is 5.02 Å². The zero-order valence-electron chi connectivity index (χ0n) is 10.5. The van der Waals surface area contributed by atoms with Gasteiger partial charge in [-0.15, -0.1) is 11.6 Å². The summed E-state index contributed by atoms with van der Waals surface area (Å²) < 4.78 is 26.1. The lowest BCUT2D eigenvalue weighted by Gasteiger charge is -2.18. The number of alkyl halides is 1. The molecule has 108 valence electrons. The van der Waals surface area contributed by atoms with Crippen molar-refractivity contribution in [2.75, 3.05) is 25.6 Å². The first kappa shape index (κ1) is 17.4. The lowest BCUT2D eigenvalue weighted by Crippen LogP contribution is -2.29. The Bertz CT molecular complexity index is 549. The minimum Gasteiger partial charge on any atom is -0.207 e. The van der Waals surface area contributed by atoms with Crippen molar-refractivity contribution in [2.45, 2.75) is 10.8 Å². The summed E-state index contributed by atoms with van der Waals surface area (Å²) in [5.74, 6) is 0.812. The number of thioether (sulfide) groups is 1. The van der Waals surface area contributed by atoms with Crippen LogP contribution in [0.1, 0.15) is 5.56 Å². The molecule has 0 amide bonds. The third kappa shape index (κ3) is 4.16. The Balaban J connectivity index is 3.25. The van der Waals surface area contributed by atoms with Crippen LogP contribution < -0.4 is 0 Å². The summed E-state index contributed by atoms with van der Waals surface area (Å²) in [6.07, 6.45) is 1.92. The molecule has 0 heterocycles. The minimum atomic E-state index is -3.65. The van der Waals surface area contributed by atoms with E-state index < -0.39 is 10.0 Å². The van der Waals surface area contributed by atoms with Crippen LogP contribution in [0.2, 0.25) is 10.0 Å². The molecular formula is C11H14Cl3NO2S2. The molecule has 0 aromatic heterocycles. The first-order valence-electron chi connectivity index (χ1n) is 5.33. The van der Waals surface area contributed by atoms with Crippen molar-refractivity contribution in [1.29, 1.82) is 0 Å². The van der Waals surface area contributed by atoms with Crippen molar-refractivity contribution in [3.05, 3.63) is 27.7 Å². The van der Waals surface area contributed by atoms with Crippen LogP contribution >= 0.6 is 46.6 Å². The van der Waals surface area contributed by atoms with Gasteiger partial charge < -0.3 is 0 Å². The second-order valence-electron chi connectivity index (χ2n) is 3.83. The standard InChI is InChI=1S/C11H14Cl3NO2S2/c1-15(3-4-18-2)19(16,17)10-6-9(13)5-8(7-12)11(10)14/h5-6H,3-4,7H2,1-2H3. The maximum absolute atomic E-state index is 12.4. The second-order valence-corrected chi connectivity index (χ2v) is 7.91. The summed E-state index contributed by atoms with van der Waals surface area (Å²) in [6, 6.07) is 2.92. The number of rotatable bonds is 6. The lowest BCUT2D eigenvalue weighted by atomic mass is 10.2. The van der Waals surface area contributed by atoms with Crippen LogP contribution in [0, 0.1) is 0 Å². The Morgan fingerprint density at radius 2 is 1.95 bits per heavy atom. The second kappa shape index (κ2) is 7.38. The smallest absolute Gasteiger partial charge is 0.207 e. The first-order valence-corrected chi connectivity index (χ1v) is 9.46. The van der Waals surface area contributed by atoms with E-state index in [2.05, 4.69) is 0 Å². The molecule has 0 aliphatic rings. The van der Waals surface area contributed by atoms with Crippen molar-refractivity contribution in [3.63, 3.8) is 0 Å². The highest BCUT2D eigenvalue weighted by Gasteiger charge is 2.25. The van der Waals surface area contributed by atoms with Crippen LogP contribution in [0.25, 0.3) is 0 Å². The maximum Gasteiger partial charge on any atom is 0.244 e. The van der Waals surface area contributed by atoms with E-state index in [4.69, 9.17) is 34.8 Å². The van der Waals surface area contributed by atoms with Crippen LogP contribution in [-0.4, -0.2) is 38.3 Å². The fourth-order valence-electron chi connectivity index (χ4n) is 1.41. The van der Waals surface area contributed by atoms with Gasteiger partial charge >= 0.3 is 0 Å². The van der Waals surface area contributed by atoms with E-state index in [0.717, 1.165) is 0 Å². The molecule has 1 aromatic carbocycles. The van der Waals surface area contributed by atoms with Crippen LogP contribution in [0.4, 0.5) is 0 Å². The van der Waals surface area contributed by atoms with Gasteiger partial charge in [0, 0.05) is 30.2 Å². The van der Waals surface area contributed by atoms with Crippen molar-refractivity contribution < 1.29 is 8.42 Å². The number of hydrogen-bond donors (Lipinski definition) is 0. The predicted octanol–water partition coefficient (Wildman–Crippen LogP) is 3.72. The van der Waals surface area contributed by atoms with E-state index in [1.165, 1.54) is 17.4 Å². The molecule has 8 heteroatoms. The molecule has 0 fully saturated rings. The SMILES string of the molecule is CSCCN(C)S(=O)(=O)c1cc(Cl)cc(CCl)c1Cl. The Kier molecular flexibility index (Phi) is 6.76. The summed E-state index contributed by atoms with van der Waals surface area (Å²) in [4.78, 5) is 0.000852. The van der Waals surface area contributed by atoms with Crippen LogP contribution in [0.15, 0.2) is 17.0 Å². The van der Waals surface area contributed by atoms with Gasteiger partial charge in [-0.2, -0.15) is 11.8 Å². The van der Waals surface area contributed by atoms with Crippen LogP contribution in [0.5, 0.6) is 0 Å². The Morgan fingerprint density at radius 1 is 1.32 bits per heavy atom. The highest BCUT2D eigenvalue weighted by molar-refractivity contribution is 7.98. The van der Waals surface area contributed by atoms with Crippen molar-refractivity contribution in [1.82, 2.24) is 4.31 Å². The predicted molar refractivity (Wildman–Crippen MR) is 84.2 cm³/mol. The van der Waals surface area contributed by atoms with Crippen molar-refractivity contribution in [3.8, 4) is 0 Å².